The molecule has 0 amide bonds. The minimum Gasteiger partial charge on any atom is -0.319 e. The molecule has 1 saturated carbocycles. The van der Waals surface area contributed by atoms with Crippen molar-refractivity contribution in [1.29, 1.82) is 0 Å². The molecule has 1 fully saturated rings. The molecule has 0 spiro atoms. The van der Waals surface area contributed by atoms with Gasteiger partial charge in [0.2, 0.25) is 0 Å². The number of nitrogens with one attached hydrogen (secondary N) is 1. The van der Waals surface area contributed by atoms with Gasteiger partial charge in [0, 0.05) is 5.02 Å². The summed E-state index contributed by atoms with van der Waals surface area (Å²) < 4.78 is 0. The molecule has 2 atom stereocenters. The van der Waals surface area contributed by atoms with E-state index in [1.807, 2.05) is 19.2 Å². The number of hydrogen-bond donors (Lipinski definition) is 1. The van der Waals surface area contributed by atoms with E-state index >= 15 is 0 Å². The maximum atomic E-state index is 5.94. The normalized spacial score (nSPS) is 21.4. The number of benzene rings is 2. The summed E-state index contributed by atoms with van der Waals surface area (Å²) in [6, 6.07) is 17.0. The summed E-state index contributed by atoms with van der Waals surface area (Å²) in [6.45, 7) is 1.12. The third-order valence-corrected chi connectivity index (χ3v) is 4.13. The van der Waals surface area contributed by atoms with E-state index in [-0.39, 0.29) is 0 Å². The summed E-state index contributed by atoms with van der Waals surface area (Å²) in [5, 5.41) is 4.06. The fourth-order valence-electron chi connectivity index (χ4n) is 2.73. The van der Waals surface area contributed by atoms with Gasteiger partial charge in [-0.2, -0.15) is 0 Å². The number of rotatable bonds is 4. The van der Waals surface area contributed by atoms with E-state index in [2.05, 4.69) is 41.7 Å². The first-order chi connectivity index (χ1) is 9.28. The fraction of sp³-hybridized carbons (Fsp3) is 0.294. The van der Waals surface area contributed by atoms with Crippen LogP contribution in [0.5, 0.6) is 0 Å². The highest BCUT2D eigenvalue weighted by Gasteiger charge is 2.37. The van der Waals surface area contributed by atoms with Crippen molar-refractivity contribution in [3.05, 3.63) is 59.1 Å². The van der Waals surface area contributed by atoms with Crippen LogP contribution in [0.2, 0.25) is 5.02 Å². The zero-order chi connectivity index (χ0) is 13.2. The lowest BCUT2D eigenvalue weighted by molar-refractivity contribution is 0.698. The Hall–Kier alpha value is -1.31. The molecule has 19 heavy (non-hydrogen) atoms. The highest BCUT2D eigenvalue weighted by atomic mass is 35.5. The Labute approximate surface area is 119 Å². The van der Waals surface area contributed by atoms with Crippen LogP contribution in [-0.4, -0.2) is 13.6 Å². The maximum absolute atomic E-state index is 5.94. The molecule has 1 aliphatic rings. The van der Waals surface area contributed by atoms with Crippen LogP contribution in [-0.2, 0) is 0 Å². The van der Waals surface area contributed by atoms with Crippen LogP contribution >= 0.6 is 11.6 Å². The molecule has 0 saturated heterocycles. The fourth-order valence-corrected chi connectivity index (χ4v) is 2.86. The van der Waals surface area contributed by atoms with E-state index in [1.165, 1.54) is 23.1 Å². The second-order valence-corrected chi connectivity index (χ2v) is 5.73. The molecule has 1 nitrogen and oxygen atoms in total. The second kappa shape index (κ2) is 5.36. The quantitative estimate of drug-likeness (QED) is 0.873. The standard InChI is InChI=1S/C17H18ClN/c1-19-11-15-10-17(15)14-4-2-3-13(9-14)12-5-7-16(18)8-6-12/h2-9,15,17,19H,10-11H2,1H3/t15-,17-/m1/s1. The second-order valence-electron chi connectivity index (χ2n) is 5.29. The molecule has 0 aliphatic heterocycles. The Kier molecular flexibility index (Phi) is 3.58. The SMILES string of the molecule is CNC[C@H]1C[C@@H]1c1cccc(-c2ccc(Cl)cc2)c1. The molecule has 2 heteroatoms. The predicted octanol–water partition coefficient (Wildman–Crippen LogP) is 4.33. The minimum absolute atomic E-state index is 0.736. The van der Waals surface area contributed by atoms with Crippen molar-refractivity contribution in [2.45, 2.75) is 12.3 Å². The topological polar surface area (TPSA) is 12.0 Å². The molecule has 2 aromatic carbocycles. The van der Waals surface area contributed by atoms with Gasteiger partial charge in [-0.25, -0.2) is 0 Å². The van der Waals surface area contributed by atoms with Crippen LogP contribution in [0.1, 0.15) is 17.9 Å². The Morgan fingerprint density at radius 1 is 1.11 bits per heavy atom. The van der Waals surface area contributed by atoms with Gasteiger partial charge in [0.05, 0.1) is 0 Å². The molecule has 0 aromatic heterocycles. The zero-order valence-electron chi connectivity index (χ0n) is 11.1. The summed E-state index contributed by atoms with van der Waals surface area (Å²) >= 11 is 5.94. The van der Waals surface area contributed by atoms with Crippen LogP contribution < -0.4 is 5.32 Å². The summed E-state index contributed by atoms with van der Waals surface area (Å²) in [6.07, 6.45) is 1.31. The monoisotopic (exact) mass is 271 g/mol. The van der Waals surface area contributed by atoms with Crippen molar-refractivity contribution in [1.82, 2.24) is 5.32 Å². The molecule has 2 aromatic rings. The van der Waals surface area contributed by atoms with E-state index in [0.29, 0.717) is 0 Å². The molecule has 0 radical (unpaired) electrons. The van der Waals surface area contributed by atoms with Crippen molar-refractivity contribution >= 4 is 11.6 Å². The molecular weight excluding hydrogens is 254 g/mol. The average molecular weight is 272 g/mol. The predicted molar refractivity (Wildman–Crippen MR) is 81.7 cm³/mol. The summed E-state index contributed by atoms with van der Waals surface area (Å²) in [5.74, 6) is 1.55. The largest absolute Gasteiger partial charge is 0.319 e. The summed E-state index contributed by atoms with van der Waals surface area (Å²) in [4.78, 5) is 0. The number of halogens is 1. The van der Waals surface area contributed by atoms with E-state index in [4.69, 9.17) is 11.6 Å². The van der Waals surface area contributed by atoms with Gasteiger partial charge in [0.25, 0.3) is 0 Å². The number of hydrogen-bond acceptors (Lipinski definition) is 1. The van der Waals surface area contributed by atoms with E-state index < -0.39 is 0 Å². The molecular formula is C17H18ClN. The van der Waals surface area contributed by atoms with Gasteiger partial charge >= 0.3 is 0 Å². The Balaban J connectivity index is 1.82. The minimum atomic E-state index is 0.736. The maximum Gasteiger partial charge on any atom is 0.0406 e. The summed E-state index contributed by atoms with van der Waals surface area (Å²) in [5.41, 5.74) is 3.98. The van der Waals surface area contributed by atoms with Crippen LogP contribution in [0.25, 0.3) is 11.1 Å². The van der Waals surface area contributed by atoms with Crippen LogP contribution in [0.4, 0.5) is 0 Å². The lowest BCUT2D eigenvalue weighted by Gasteiger charge is -2.06. The van der Waals surface area contributed by atoms with Crippen molar-refractivity contribution in [2.24, 2.45) is 5.92 Å². The molecule has 0 bridgehead atoms. The van der Waals surface area contributed by atoms with Crippen LogP contribution in [0, 0.1) is 5.92 Å². The van der Waals surface area contributed by atoms with E-state index in [9.17, 15) is 0 Å². The van der Waals surface area contributed by atoms with Crippen molar-refractivity contribution in [3.63, 3.8) is 0 Å². The molecule has 1 N–H and O–H groups in total. The van der Waals surface area contributed by atoms with E-state index in [0.717, 1.165) is 23.4 Å². The highest BCUT2D eigenvalue weighted by molar-refractivity contribution is 6.30. The third-order valence-electron chi connectivity index (χ3n) is 3.88. The van der Waals surface area contributed by atoms with Gasteiger partial charge in [0.1, 0.15) is 0 Å². The first-order valence-electron chi connectivity index (χ1n) is 6.78. The van der Waals surface area contributed by atoms with Crippen LogP contribution in [0.15, 0.2) is 48.5 Å². The molecule has 0 heterocycles. The Morgan fingerprint density at radius 3 is 2.63 bits per heavy atom. The lowest BCUT2D eigenvalue weighted by Crippen LogP contribution is -2.10. The average Bonchev–Trinajstić information content (AvgIpc) is 3.20. The zero-order valence-corrected chi connectivity index (χ0v) is 11.8. The molecule has 0 unspecified atom stereocenters. The van der Waals surface area contributed by atoms with Gasteiger partial charge in [-0.3, -0.25) is 0 Å². The smallest absolute Gasteiger partial charge is 0.0406 e. The van der Waals surface area contributed by atoms with Crippen molar-refractivity contribution in [3.8, 4) is 11.1 Å². The molecule has 98 valence electrons. The van der Waals surface area contributed by atoms with Gasteiger partial charge < -0.3 is 5.32 Å². The summed E-state index contributed by atoms with van der Waals surface area (Å²) in [7, 11) is 2.03. The highest BCUT2D eigenvalue weighted by Crippen LogP contribution is 2.47. The van der Waals surface area contributed by atoms with Crippen LogP contribution in [0.3, 0.4) is 0 Å². The van der Waals surface area contributed by atoms with E-state index in [1.54, 1.807) is 0 Å². The van der Waals surface area contributed by atoms with Gasteiger partial charge in [-0.15, -0.1) is 0 Å². The van der Waals surface area contributed by atoms with Crippen molar-refractivity contribution < 1.29 is 0 Å². The first-order valence-corrected chi connectivity index (χ1v) is 7.16. The van der Waals surface area contributed by atoms with Gasteiger partial charge in [-0.1, -0.05) is 48.0 Å². The van der Waals surface area contributed by atoms with Gasteiger partial charge in [0.15, 0.2) is 0 Å². The molecule has 3 rings (SSSR count). The Bertz CT molecular complexity index is 562. The first kappa shape index (κ1) is 12.7. The lowest BCUT2D eigenvalue weighted by atomic mass is 10.0. The van der Waals surface area contributed by atoms with Gasteiger partial charge in [-0.05, 0) is 60.7 Å². The Morgan fingerprint density at radius 2 is 1.89 bits per heavy atom. The molecule has 1 aliphatic carbocycles. The van der Waals surface area contributed by atoms with Crippen molar-refractivity contribution in [2.75, 3.05) is 13.6 Å². The third kappa shape index (κ3) is 2.83.